The number of unbranched alkanes of at least 4 members (excludes halogenated alkanes) is 1. The molecule has 0 bridgehead atoms. The molecular weight excluding hydrogens is 146 g/mol. The van der Waals surface area contributed by atoms with Crippen LogP contribution in [0, 0.1) is 0 Å². The SMILES string of the molecule is [B]C(C)CC(O)C([B])CCCC. The van der Waals surface area contributed by atoms with Gasteiger partial charge >= 0.3 is 0 Å². The molecule has 0 rings (SSSR count). The highest BCUT2D eigenvalue weighted by molar-refractivity contribution is 6.12. The van der Waals surface area contributed by atoms with E-state index in [1.807, 2.05) is 6.92 Å². The minimum absolute atomic E-state index is 0.0349. The van der Waals surface area contributed by atoms with Crippen molar-refractivity contribution >= 4 is 15.7 Å². The Kier molecular flexibility index (Phi) is 6.64. The Labute approximate surface area is 78.8 Å². The van der Waals surface area contributed by atoms with Gasteiger partial charge in [-0.25, -0.2) is 0 Å². The van der Waals surface area contributed by atoms with Crippen LogP contribution in [-0.4, -0.2) is 26.9 Å². The fourth-order valence-corrected chi connectivity index (χ4v) is 1.19. The van der Waals surface area contributed by atoms with Crippen LogP contribution in [0.1, 0.15) is 39.5 Å². The lowest BCUT2D eigenvalue weighted by atomic mass is 9.73. The molecule has 3 heteroatoms. The molecule has 0 aromatic rings. The Bertz CT molecular complexity index is 107. The molecule has 3 unspecified atom stereocenters. The number of hydrogen-bond acceptors (Lipinski definition) is 1. The molecule has 0 spiro atoms. The van der Waals surface area contributed by atoms with Crippen LogP contribution in [0.3, 0.4) is 0 Å². The van der Waals surface area contributed by atoms with Gasteiger partial charge in [0, 0.05) is 6.10 Å². The van der Waals surface area contributed by atoms with E-state index in [1.165, 1.54) is 0 Å². The highest BCUT2D eigenvalue weighted by atomic mass is 16.3. The van der Waals surface area contributed by atoms with Gasteiger partial charge < -0.3 is 5.11 Å². The summed E-state index contributed by atoms with van der Waals surface area (Å²) in [5.74, 6) is -0.0661. The fourth-order valence-electron chi connectivity index (χ4n) is 1.19. The Hall–Kier alpha value is 0.0899. The molecule has 0 saturated carbocycles. The number of aliphatic hydroxyl groups is 1. The lowest BCUT2D eigenvalue weighted by Gasteiger charge is -2.20. The second-order valence-electron chi connectivity index (χ2n) is 3.59. The zero-order chi connectivity index (χ0) is 9.56. The first-order chi connectivity index (χ1) is 5.57. The van der Waals surface area contributed by atoms with Crippen molar-refractivity contribution in [3.8, 4) is 0 Å². The van der Waals surface area contributed by atoms with Crippen LogP contribution >= 0.6 is 0 Å². The molecule has 4 radical (unpaired) electrons. The summed E-state index contributed by atoms with van der Waals surface area (Å²) in [6.07, 6.45) is 3.27. The summed E-state index contributed by atoms with van der Waals surface area (Å²) in [6.45, 7) is 4.00. The van der Waals surface area contributed by atoms with Crippen LogP contribution in [0.25, 0.3) is 0 Å². The highest BCUT2D eigenvalue weighted by Crippen LogP contribution is 2.21. The fraction of sp³-hybridized carbons (Fsp3) is 1.00. The first-order valence-electron chi connectivity index (χ1n) is 4.77. The molecule has 0 aromatic heterocycles. The van der Waals surface area contributed by atoms with Gasteiger partial charge in [-0.05, 0) is 6.42 Å². The van der Waals surface area contributed by atoms with Gasteiger partial charge in [0.25, 0.3) is 0 Å². The maximum atomic E-state index is 9.51. The van der Waals surface area contributed by atoms with E-state index < -0.39 is 6.10 Å². The third-order valence-corrected chi connectivity index (χ3v) is 2.00. The first-order valence-corrected chi connectivity index (χ1v) is 4.77. The van der Waals surface area contributed by atoms with Crippen LogP contribution in [-0.2, 0) is 0 Å². The van der Waals surface area contributed by atoms with E-state index in [2.05, 4.69) is 6.92 Å². The maximum Gasteiger partial charge on any atom is 0.0734 e. The predicted octanol–water partition coefficient (Wildman–Crippen LogP) is 1.86. The molecule has 12 heavy (non-hydrogen) atoms. The molecule has 0 heterocycles. The molecule has 1 N–H and O–H groups in total. The molecule has 0 aliphatic carbocycles. The van der Waals surface area contributed by atoms with E-state index >= 15 is 0 Å². The second kappa shape index (κ2) is 6.59. The van der Waals surface area contributed by atoms with E-state index in [9.17, 15) is 5.11 Å². The highest BCUT2D eigenvalue weighted by Gasteiger charge is 2.13. The van der Waals surface area contributed by atoms with E-state index in [0.29, 0.717) is 6.42 Å². The van der Waals surface area contributed by atoms with Crippen LogP contribution in [0.2, 0.25) is 11.6 Å². The summed E-state index contributed by atoms with van der Waals surface area (Å²) >= 11 is 0. The van der Waals surface area contributed by atoms with Crippen molar-refractivity contribution in [2.24, 2.45) is 0 Å². The Balaban J connectivity index is 3.53. The van der Waals surface area contributed by atoms with Gasteiger partial charge in [-0.3, -0.25) is 0 Å². The van der Waals surface area contributed by atoms with Gasteiger partial charge in [0.15, 0.2) is 0 Å². The quantitative estimate of drug-likeness (QED) is 0.593. The van der Waals surface area contributed by atoms with Crippen LogP contribution in [0.15, 0.2) is 0 Å². The van der Waals surface area contributed by atoms with Crippen molar-refractivity contribution < 1.29 is 5.11 Å². The molecule has 1 nitrogen and oxygen atoms in total. The van der Waals surface area contributed by atoms with E-state index in [1.54, 1.807) is 0 Å². The largest absolute Gasteiger partial charge is 0.394 e. The maximum absolute atomic E-state index is 9.51. The molecular formula is C9H18B2O. The number of aliphatic hydroxyl groups excluding tert-OH is 1. The lowest BCUT2D eigenvalue weighted by Crippen LogP contribution is -2.17. The van der Waals surface area contributed by atoms with Gasteiger partial charge in [-0.15, -0.1) is 0 Å². The number of rotatable bonds is 6. The molecule has 66 valence electrons. The van der Waals surface area contributed by atoms with Gasteiger partial charge in [0.05, 0.1) is 15.7 Å². The monoisotopic (exact) mass is 164 g/mol. The smallest absolute Gasteiger partial charge is 0.0734 e. The average molecular weight is 164 g/mol. The van der Waals surface area contributed by atoms with Crippen molar-refractivity contribution in [1.82, 2.24) is 0 Å². The van der Waals surface area contributed by atoms with Crippen molar-refractivity contribution in [2.75, 3.05) is 0 Å². The Morgan fingerprint density at radius 2 is 1.92 bits per heavy atom. The third-order valence-electron chi connectivity index (χ3n) is 2.00. The normalized spacial score (nSPS) is 18.6. The molecule has 0 aromatic carbocycles. The first kappa shape index (κ1) is 12.1. The van der Waals surface area contributed by atoms with Gasteiger partial charge in [0.1, 0.15) is 0 Å². The van der Waals surface area contributed by atoms with Gasteiger partial charge in [-0.2, -0.15) is 0 Å². The van der Waals surface area contributed by atoms with E-state index in [-0.39, 0.29) is 11.6 Å². The summed E-state index contributed by atoms with van der Waals surface area (Å²) in [5, 5.41) is 9.51. The predicted molar refractivity (Wildman–Crippen MR) is 54.8 cm³/mol. The Morgan fingerprint density at radius 1 is 1.33 bits per heavy atom. The summed E-state index contributed by atoms with van der Waals surface area (Å²) < 4.78 is 0. The zero-order valence-electron chi connectivity index (χ0n) is 8.16. The van der Waals surface area contributed by atoms with E-state index in [0.717, 1.165) is 19.3 Å². The Morgan fingerprint density at radius 3 is 2.33 bits per heavy atom. The van der Waals surface area contributed by atoms with Crippen molar-refractivity contribution in [1.29, 1.82) is 0 Å². The van der Waals surface area contributed by atoms with E-state index in [4.69, 9.17) is 15.7 Å². The molecule has 0 aliphatic rings. The zero-order valence-corrected chi connectivity index (χ0v) is 8.16. The summed E-state index contributed by atoms with van der Waals surface area (Å²) in [5.41, 5.74) is 0. The average Bonchev–Trinajstić information content (AvgIpc) is 1.98. The second-order valence-corrected chi connectivity index (χ2v) is 3.59. The van der Waals surface area contributed by atoms with Gasteiger partial charge in [-0.1, -0.05) is 44.7 Å². The van der Waals surface area contributed by atoms with Crippen LogP contribution < -0.4 is 0 Å². The summed E-state index contributed by atoms with van der Waals surface area (Å²) in [7, 11) is 11.3. The molecule has 0 saturated heterocycles. The number of hydrogen-bond donors (Lipinski definition) is 1. The lowest BCUT2D eigenvalue weighted by molar-refractivity contribution is 0.151. The third kappa shape index (κ3) is 5.70. The molecule has 3 atom stereocenters. The standard InChI is InChI=1S/C9H18B2O/c1-3-4-5-8(11)9(12)6-7(2)10/h7-9,12H,3-6H2,1-2H3. The van der Waals surface area contributed by atoms with Crippen LogP contribution in [0.5, 0.6) is 0 Å². The topological polar surface area (TPSA) is 20.2 Å². The van der Waals surface area contributed by atoms with Gasteiger partial charge in [0.2, 0.25) is 0 Å². The van der Waals surface area contributed by atoms with Crippen molar-refractivity contribution in [3.63, 3.8) is 0 Å². The minimum atomic E-state index is -0.434. The van der Waals surface area contributed by atoms with Crippen molar-refractivity contribution in [3.05, 3.63) is 0 Å². The van der Waals surface area contributed by atoms with Crippen molar-refractivity contribution in [2.45, 2.75) is 57.3 Å². The summed E-state index contributed by atoms with van der Waals surface area (Å²) in [4.78, 5) is 0. The summed E-state index contributed by atoms with van der Waals surface area (Å²) in [6, 6.07) is 0. The molecule has 0 amide bonds. The van der Waals surface area contributed by atoms with Crippen LogP contribution in [0.4, 0.5) is 0 Å². The molecule has 0 aliphatic heterocycles. The molecule has 0 fully saturated rings. The minimum Gasteiger partial charge on any atom is -0.394 e.